The molecule has 0 saturated heterocycles. The zero-order valence-corrected chi connectivity index (χ0v) is 42.2. The van der Waals surface area contributed by atoms with E-state index in [1.165, 1.54) is 161 Å². The fraction of sp³-hybridized carbons (Fsp3) is 0.830. The number of aliphatic hydroxyl groups excluding tert-OH is 1. The summed E-state index contributed by atoms with van der Waals surface area (Å²) in [6.45, 7) is 4.57. The Morgan fingerprint density at radius 2 is 0.935 bits per heavy atom. The number of carbonyl (C=O) groups is 1. The molecule has 0 rings (SSSR count). The molecule has 0 spiro atoms. The highest BCUT2D eigenvalue weighted by Crippen LogP contribution is 2.38. The van der Waals surface area contributed by atoms with E-state index in [1.807, 2.05) is 27.2 Å². The van der Waals surface area contributed by atoms with Gasteiger partial charge in [0.25, 0.3) is 7.82 Å². The van der Waals surface area contributed by atoms with Gasteiger partial charge >= 0.3 is 0 Å². The van der Waals surface area contributed by atoms with E-state index in [9.17, 15) is 19.4 Å². The van der Waals surface area contributed by atoms with Crippen molar-refractivity contribution in [1.29, 1.82) is 0 Å². The van der Waals surface area contributed by atoms with Crippen molar-refractivity contribution in [3.63, 3.8) is 0 Å². The molecule has 0 heterocycles. The summed E-state index contributed by atoms with van der Waals surface area (Å²) in [6.07, 6.45) is 57.9. The quantitative estimate of drug-likeness (QED) is 0.0273. The van der Waals surface area contributed by atoms with Crippen LogP contribution in [0, 0.1) is 0 Å². The smallest absolute Gasteiger partial charge is 0.268 e. The topological polar surface area (TPSA) is 108 Å². The summed E-state index contributed by atoms with van der Waals surface area (Å²) in [7, 11) is 1.26. The monoisotopic (exact) mass is 893 g/mol. The summed E-state index contributed by atoms with van der Waals surface area (Å²) in [5, 5.41) is 13.7. The van der Waals surface area contributed by atoms with Crippen LogP contribution in [0.25, 0.3) is 0 Å². The normalized spacial score (nSPS) is 14.5. The van der Waals surface area contributed by atoms with E-state index in [-0.39, 0.29) is 19.1 Å². The molecule has 0 aliphatic carbocycles. The molecule has 0 aliphatic heterocycles. The van der Waals surface area contributed by atoms with Gasteiger partial charge in [-0.15, -0.1) is 0 Å². The zero-order chi connectivity index (χ0) is 45.7. The van der Waals surface area contributed by atoms with Crippen molar-refractivity contribution in [2.75, 3.05) is 40.9 Å². The summed E-state index contributed by atoms with van der Waals surface area (Å²) >= 11 is 0. The minimum absolute atomic E-state index is 0.00138. The predicted octanol–water partition coefficient (Wildman–Crippen LogP) is 14.6. The molecule has 3 unspecified atom stereocenters. The number of phosphoric acid groups is 1. The Morgan fingerprint density at radius 1 is 0.565 bits per heavy atom. The highest BCUT2D eigenvalue weighted by Gasteiger charge is 2.23. The number of quaternary nitrogens is 1. The average molecular weight is 893 g/mol. The van der Waals surface area contributed by atoms with Crippen LogP contribution in [0.1, 0.15) is 232 Å². The molecule has 0 aromatic carbocycles. The van der Waals surface area contributed by atoms with Gasteiger partial charge < -0.3 is 28.8 Å². The van der Waals surface area contributed by atoms with Gasteiger partial charge in [0.1, 0.15) is 13.2 Å². The Kier molecular flexibility index (Phi) is 43.5. The number of rotatable bonds is 47. The predicted molar refractivity (Wildman–Crippen MR) is 265 cm³/mol. The molecule has 8 nitrogen and oxygen atoms in total. The molecular formula is C53H101N2O6P. The van der Waals surface area contributed by atoms with E-state index in [0.29, 0.717) is 17.4 Å². The van der Waals surface area contributed by atoms with E-state index in [1.54, 1.807) is 6.08 Å². The molecule has 0 aliphatic rings. The Hall–Kier alpha value is -1.54. The van der Waals surface area contributed by atoms with Gasteiger partial charge in [-0.05, 0) is 57.8 Å². The maximum absolute atomic E-state index is 12.8. The lowest BCUT2D eigenvalue weighted by atomic mass is 10.0. The molecule has 3 atom stereocenters. The number of amides is 1. The van der Waals surface area contributed by atoms with Gasteiger partial charge in [0.05, 0.1) is 39.9 Å². The Balaban J connectivity index is 3.89. The van der Waals surface area contributed by atoms with Gasteiger partial charge in [-0.25, -0.2) is 0 Å². The second-order valence-electron chi connectivity index (χ2n) is 18.9. The molecule has 0 aromatic rings. The van der Waals surface area contributed by atoms with Crippen LogP contribution in [0.15, 0.2) is 48.6 Å². The fourth-order valence-electron chi connectivity index (χ4n) is 7.40. The molecule has 0 fully saturated rings. The first-order chi connectivity index (χ1) is 30.0. The molecule has 0 radical (unpaired) electrons. The number of nitrogens with one attached hydrogen (secondary N) is 1. The van der Waals surface area contributed by atoms with Crippen molar-refractivity contribution in [3.8, 4) is 0 Å². The summed E-state index contributed by atoms with van der Waals surface area (Å²) in [5.41, 5.74) is 0. The summed E-state index contributed by atoms with van der Waals surface area (Å²) in [5.74, 6) is -0.201. The number of hydrogen-bond acceptors (Lipinski definition) is 6. The van der Waals surface area contributed by atoms with Crippen molar-refractivity contribution in [1.82, 2.24) is 5.32 Å². The summed E-state index contributed by atoms with van der Waals surface area (Å²) in [6, 6.07) is -0.882. The first-order valence-corrected chi connectivity index (χ1v) is 27.5. The highest BCUT2D eigenvalue weighted by molar-refractivity contribution is 7.45. The van der Waals surface area contributed by atoms with E-state index in [0.717, 1.165) is 51.4 Å². The van der Waals surface area contributed by atoms with Gasteiger partial charge in [-0.3, -0.25) is 9.36 Å². The largest absolute Gasteiger partial charge is 0.756 e. The zero-order valence-electron chi connectivity index (χ0n) is 41.3. The number of aliphatic hydroxyl groups is 1. The SMILES string of the molecule is CCCCCCC/C=C\C/C=C\C/C=C\CCCCCCCCCCCCCCCCCCCCC(=O)NC(COP(=O)([O-])OCC[N+](C)(C)C)C(O)/C=C/CCCCCCC. The van der Waals surface area contributed by atoms with Gasteiger partial charge in [-0.1, -0.05) is 217 Å². The summed E-state index contributed by atoms with van der Waals surface area (Å²) < 4.78 is 23.1. The second kappa shape index (κ2) is 44.7. The van der Waals surface area contributed by atoms with E-state index in [4.69, 9.17) is 9.05 Å². The van der Waals surface area contributed by atoms with Crippen molar-refractivity contribution in [2.24, 2.45) is 0 Å². The molecule has 9 heteroatoms. The Morgan fingerprint density at radius 3 is 1.35 bits per heavy atom. The van der Waals surface area contributed by atoms with Crippen molar-refractivity contribution >= 4 is 13.7 Å². The van der Waals surface area contributed by atoms with Gasteiger partial charge in [0, 0.05) is 6.42 Å². The van der Waals surface area contributed by atoms with Crippen LogP contribution in [0.2, 0.25) is 0 Å². The molecule has 2 N–H and O–H groups in total. The minimum atomic E-state index is -4.58. The first kappa shape index (κ1) is 60.5. The summed E-state index contributed by atoms with van der Waals surface area (Å²) in [4.78, 5) is 25.2. The Labute approximate surface area is 384 Å². The van der Waals surface area contributed by atoms with Gasteiger partial charge in [0.15, 0.2) is 0 Å². The van der Waals surface area contributed by atoms with Crippen LogP contribution in [0.5, 0.6) is 0 Å². The molecule has 1 amide bonds. The number of allylic oxidation sites excluding steroid dienone is 7. The maximum Gasteiger partial charge on any atom is 0.268 e. The minimum Gasteiger partial charge on any atom is -0.756 e. The molecule has 0 saturated carbocycles. The maximum atomic E-state index is 12.8. The first-order valence-electron chi connectivity index (χ1n) is 26.0. The van der Waals surface area contributed by atoms with Crippen molar-refractivity contribution in [2.45, 2.75) is 244 Å². The lowest BCUT2D eigenvalue weighted by Gasteiger charge is -2.29. The fourth-order valence-corrected chi connectivity index (χ4v) is 8.12. The number of carbonyl (C=O) groups excluding carboxylic acids is 1. The van der Waals surface area contributed by atoms with Crippen LogP contribution in [0.3, 0.4) is 0 Å². The number of phosphoric ester groups is 1. The Bertz CT molecular complexity index is 1150. The van der Waals surface area contributed by atoms with Gasteiger partial charge in [0.2, 0.25) is 5.91 Å². The van der Waals surface area contributed by atoms with Crippen molar-refractivity contribution < 1.29 is 32.9 Å². The van der Waals surface area contributed by atoms with Crippen LogP contribution in [0.4, 0.5) is 0 Å². The van der Waals surface area contributed by atoms with E-state index in [2.05, 4.69) is 55.6 Å². The van der Waals surface area contributed by atoms with E-state index >= 15 is 0 Å². The number of nitrogens with zero attached hydrogens (tertiary/aromatic N) is 1. The number of hydrogen-bond donors (Lipinski definition) is 2. The lowest BCUT2D eigenvalue weighted by molar-refractivity contribution is -0.870. The molecule has 364 valence electrons. The average Bonchev–Trinajstić information content (AvgIpc) is 3.23. The van der Waals surface area contributed by atoms with Crippen LogP contribution < -0.4 is 10.2 Å². The highest BCUT2D eigenvalue weighted by atomic mass is 31.2. The number of likely N-dealkylation sites (N-methyl/N-ethyl adjacent to an activating group) is 1. The van der Waals surface area contributed by atoms with Crippen LogP contribution in [-0.2, 0) is 18.4 Å². The van der Waals surface area contributed by atoms with Crippen LogP contribution in [-0.4, -0.2) is 68.5 Å². The third kappa shape index (κ3) is 46.5. The molecular weight excluding hydrogens is 792 g/mol. The lowest BCUT2D eigenvalue weighted by Crippen LogP contribution is -2.45. The van der Waals surface area contributed by atoms with E-state index < -0.39 is 20.0 Å². The van der Waals surface area contributed by atoms with Gasteiger partial charge in [-0.2, -0.15) is 0 Å². The number of unbranched alkanes of at least 4 members (excludes halogenated alkanes) is 28. The van der Waals surface area contributed by atoms with Crippen molar-refractivity contribution in [3.05, 3.63) is 48.6 Å². The third-order valence-corrected chi connectivity index (χ3v) is 12.5. The molecule has 62 heavy (non-hydrogen) atoms. The molecule has 0 aromatic heterocycles. The van der Waals surface area contributed by atoms with Crippen LogP contribution >= 0.6 is 7.82 Å². The second-order valence-corrected chi connectivity index (χ2v) is 20.3. The molecule has 0 bridgehead atoms. The standard InChI is InChI=1S/C53H101N2O6P/c1-6-8-10-12-14-15-16-17-18-19-20-21-22-23-24-25-26-27-28-29-30-31-32-33-34-35-36-37-38-39-41-43-45-47-53(57)54-51(52(56)46-44-42-40-13-11-9-7-2)50-61-62(58,59)60-49-48-55(3,4)5/h16-17,19-20,22-23,44,46,51-52,56H,6-15,18,21,24-43,45,47-50H2,1-5H3,(H-,54,57,58,59)/b17-16-,20-19-,23-22-,46-44+. The third-order valence-electron chi connectivity index (χ3n) is 11.5.